The third-order valence-electron chi connectivity index (χ3n) is 3.36. The van der Waals surface area contributed by atoms with Gasteiger partial charge in [0.25, 0.3) is 5.56 Å². The molecule has 0 amide bonds. The molecule has 0 saturated carbocycles. The van der Waals surface area contributed by atoms with Crippen molar-refractivity contribution >= 4 is 24.9 Å². The van der Waals surface area contributed by atoms with Crippen LogP contribution in [0.3, 0.4) is 0 Å². The van der Waals surface area contributed by atoms with Crippen molar-refractivity contribution in [1.82, 2.24) is 19.5 Å². The molecule has 2 aromatic heterocycles. The Balaban J connectivity index is 0.00000156. The maximum absolute atomic E-state index is 11.7. The van der Waals surface area contributed by atoms with Crippen LogP contribution in [0.4, 0.5) is 5.95 Å². The number of hydrogen-bond donors (Lipinski definition) is 3. The molecule has 126 valence electrons. The summed E-state index contributed by atoms with van der Waals surface area (Å²) >= 11 is 0. The van der Waals surface area contributed by atoms with Crippen LogP contribution in [0.5, 0.6) is 0 Å². The number of nitrogen functional groups attached to an aromatic ring is 1. The Morgan fingerprint density at radius 3 is 2.84 bits per heavy atom. The van der Waals surface area contributed by atoms with Gasteiger partial charge in [0, 0.05) is 6.42 Å². The molecule has 4 N–H and O–H groups in total. The summed E-state index contributed by atoms with van der Waals surface area (Å²) in [5.41, 5.74) is 5.16. The molecule has 3 heterocycles. The SMILES string of the molecule is Nc1nc2c(ncn2[C@@H]2C[C@@H](O)[C@H](COP(=O)([O-])[O-])O2)c(=O)[nH]1.[Na+].[Na+]. The van der Waals surface area contributed by atoms with E-state index in [1.54, 1.807) is 0 Å². The van der Waals surface area contributed by atoms with Gasteiger partial charge >= 0.3 is 59.1 Å². The monoisotopic (exact) mass is 391 g/mol. The average molecular weight is 391 g/mol. The Morgan fingerprint density at radius 1 is 1.52 bits per heavy atom. The first-order valence-corrected chi connectivity index (χ1v) is 7.93. The van der Waals surface area contributed by atoms with Gasteiger partial charge in [-0.3, -0.25) is 14.3 Å². The van der Waals surface area contributed by atoms with E-state index < -0.39 is 38.4 Å². The van der Waals surface area contributed by atoms with Gasteiger partial charge in [-0.25, -0.2) is 4.98 Å². The summed E-state index contributed by atoms with van der Waals surface area (Å²) < 4.78 is 21.5. The molecule has 15 heteroatoms. The van der Waals surface area contributed by atoms with Crippen LogP contribution in [0.15, 0.2) is 11.1 Å². The summed E-state index contributed by atoms with van der Waals surface area (Å²) in [7, 11) is -5.16. The predicted molar refractivity (Wildman–Crippen MR) is 70.7 cm³/mol. The zero-order valence-electron chi connectivity index (χ0n) is 13.5. The quantitative estimate of drug-likeness (QED) is 0.333. The molecule has 1 saturated heterocycles. The Bertz CT molecular complexity index is 839. The predicted octanol–water partition coefficient (Wildman–Crippen LogP) is -8.80. The van der Waals surface area contributed by atoms with E-state index in [0.29, 0.717) is 0 Å². The molecule has 0 radical (unpaired) electrons. The number of aliphatic hydroxyl groups is 1. The third-order valence-corrected chi connectivity index (χ3v) is 3.83. The second-order valence-electron chi connectivity index (χ2n) is 4.95. The number of rotatable bonds is 4. The number of fused-ring (bicyclic) bond motifs is 1. The van der Waals surface area contributed by atoms with E-state index in [4.69, 9.17) is 10.5 Å². The molecule has 1 aliphatic rings. The third kappa shape index (κ3) is 5.34. The first kappa shape index (κ1) is 23.2. The Morgan fingerprint density at radius 2 is 2.20 bits per heavy atom. The van der Waals surface area contributed by atoms with Gasteiger partial charge in [0.05, 0.1) is 26.9 Å². The zero-order chi connectivity index (χ0) is 16.8. The smallest absolute Gasteiger partial charge is 0.790 e. The molecule has 2 aromatic rings. The fraction of sp³-hybridized carbons (Fsp3) is 0.500. The van der Waals surface area contributed by atoms with E-state index in [2.05, 4.69) is 19.5 Å². The van der Waals surface area contributed by atoms with Gasteiger partial charge in [0.15, 0.2) is 11.2 Å². The molecule has 0 aliphatic carbocycles. The van der Waals surface area contributed by atoms with Gasteiger partial charge in [-0.15, -0.1) is 0 Å². The van der Waals surface area contributed by atoms with Crippen molar-refractivity contribution < 1.29 is 87.8 Å². The van der Waals surface area contributed by atoms with E-state index in [-0.39, 0.29) is 82.6 Å². The largest absolute Gasteiger partial charge is 1.00 e. The number of aromatic nitrogens is 4. The first-order chi connectivity index (χ1) is 10.7. The summed E-state index contributed by atoms with van der Waals surface area (Å²) in [6, 6.07) is 0. The van der Waals surface area contributed by atoms with Gasteiger partial charge in [0.2, 0.25) is 5.95 Å². The van der Waals surface area contributed by atoms with Crippen molar-refractivity contribution in [1.29, 1.82) is 0 Å². The van der Waals surface area contributed by atoms with E-state index in [1.165, 1.54) is 10.9 Å². The van der Waals surface area contributed by atoms with Crippen molar-refractivity contribution in [3.05, 3.63) is 16.7 Å². The molecule has 0 spiro atoms. The van der Waals surface area contributed by atoms with Gasteiger partial charge < -0.3 is 34.5 Å². The first-order valence-electron chi connectivity index (χ1n) is 6.47. The van der Waals surface area contributed by atoms with Crippen LogP contribution in [0.25, 0.3) is 11.2 Å². The minimum absolute atomic E-state index is 0. The Kier molecular flexibility index (Phi) is 8.28. The number of phosphoric acid groups is 1. The number of aliphatic hydroxyl groups excluding tert-OH is 1. The molecule has 0 unspecified atom stereocenters. The number of hydrogen-bond acceptors (Lipinski definition) is 10. The summed E-state index contributed by atoms with van der Waals surface area (Å²) in [6.07, 6.45) is -1.50. The molecule has 12 nitrogen and oxygen atoms in total. The number of anilines is 1. The van der Waals surface area contributed by atoms with Crippen LogP contribution in [0.2, 0.25) is 0 Å². The molecule has 3 rings (SSSR count). The van der Waals surface area contributed by atoms with Crippen LogP contribution in [0.1, 0.15) is 12.6 Å². The molecule has 1 fully saturated rings. The number of aromatic amines is 1. The number of H-pyrrole nitrogens is 1. The minimum Gasteiger partial charge on any atom is -0.790 e. The van der Waals surface area contributed by atoms with Crippen LogP contribution < -0.4 is 80.2 Å². The molecular weight excluding hydrogens is 379 g/mol. The zero-order valence-corrected chi connectivity index (χ0v) is 18.4. The van der Waals surface area contributed by atoms with Crippen LogP contribution in [0, 0.1) is 0 Å². The number of nitrogens with zero attached hydrogens (tertiary/aromatic N) is 3. The van der Waals surface area contributed by atoms with Crippen molar-refractivity contribution in [2.45, 2.75) is 24.9 Å². The standard InChI is InChI=1S/C10H14N5O7P.2Na/c11-10-13-8-7(9(17)14-10)12-3-15(8)6-1-4(16)5(22-6)2-21-23(18,19)20;;/h3-6,16H,1-2H2,(H2,18,19,20)(H3,11,13,14,17);;/q;2*+1/p-2/t4-,5+,6+;;/m1../s1. The fourth-order valence-electron chi connectivity index (χ4n) is 2.35. The maximum Gasteiger partial charge on any atom is 1.00 e. The van der Waals surface area contributed by atoms with Crippen molar-refractivity contribution in [3.63, 3.8) is 0 Å². The molecular formula is C10H12N5Na2O7P. The molecule has 25 heavy (non-hydrogen) atoms. The molecule has 0 aromatic carbocycles. The maximum atomic E-state index is 11.7. The number of ether oxygens (including phenoxy) is 1. The van der Waals surface area contributed by atoms with E-state index in [0.717, 1.165) is 0 Å². The average Bonchev–Trinajstić information content (AvgIpc) is 2.99. The minimum atomic E-state index is -5.16. The summed E-state index contributed by atoms with van der Waals surface area (Å²) in [5, 5.41) is 9.89. The van der Waals surface area contributed by atoms with Gasteiger partial charge in [-0.05, 0) is 0 Å². The van der Waals surface area contributed by atoms with Crippen molar-refractivity contribution in [2.75, 3.05) is 12.3 Å². The van der Waals surface area contributed by atoms with E-state index in [1.807, 2.05) is 0 Å². The van der Waals surface area contributed by atoms with Crippen molar-refractivity contribution in [2.24, 2.45) is 0 Å². The fourth-order valence-corrected chi connectivity index (χ4v) is 2.68. The van der Waals surface area contributed by atoms with E-state index >= 15 is 0 Å². The Labute approximate surface area is 184 Å². The normalized spacial score (nSPS) is 23.2. The summed E-state index contributed by atoms with van der Waals surface area (Å²) in [4.78, 5) is 42.8. The van der Waals surface area contributed by atoms with Gasteiger partial charge in [-0.1, -0.05) is 0 Å². The van der Waals surface area contributed by atoms with Crippen molar-refractivity contribution in [3.8, 4) is 0 Å². The van der Waals surface area contributed by atoms with Crippen LogP contribution >= 0.6 is 7.82 Å². The van der Waals surface area contributed by atoms with Gasteiger partial charge in [-0.2, -0.15) is 4.98 Å². The topological polar surface area (TPSA) is 191 Å². The molecule has 0 bridgehead atoms. The van der Waals surface area contributed by atoms with E-state index in [9.17, 15) is 24.3 Å². The van der Waals surface area contributed by atoms with Crippen LogP contribution in [-0.2, 0) is 13.8 Å². The molecule has 3 atom stereocenters. The summed E-state index contributed by atoms with van der Waals surface area (Å²) in [6.45, 7) is -0.606. The Hall–Kier alpha value is 0.180. The number of phosphoric ester groups is 1. The van der Waals surface area contributed by atoms with Gasteiger partial charge in [0.1, 0.15) is 12.3 Å². The second-order valence-corrected chi connectivity index (χ2v) is 6.10. The molecule has 1 aliphatic heterocycles. The summed E-state index contributed by atoms with van der Waals surface area (Å²) in [5.74, 6) is -0.110. The van der Waals surface area contributed by atoms with Crippen LogP contribution in [-0.4, -0.2) is 43.4 Å². The second kappa shape index (κ2) is 8.91. The number of nitrogens with two attached hydrogens (primary N) is 1. The number of imidazole rings is 1. The number of nitrogens with one attached hydrogen (secondary N) is 1.